The summed E-state index contributed by atoms with van der Waals surface area (Å²) in [5.74, 6) is 0.550. The van der Waals surface area contributed by atoms with Crippen LogP contribution in [0.25, 0.3) is 0 Å². The molecule has 0 N–H and O–H groups in total. The summed E-state index contributed by atoms with van der Waals surface area (Å²) >= 11 is 0. The Hall–Kier alpha value is -1.20. The minimum atomic E-state index is 0.0415. The van der Waals surface area contributed by atoms with Crippen LogP contribution in [0.4, 0.5) is 0 Å². The summed E-state index contributed by atoms with van der Waals surface area (Å²) in [6.45, 7) is 7.41. The van der Waals surface area contributed by atoms with Gasteiger partial charge in [0.25, 0.3) is 0 Å². The largest absolute Gasteiger partial charge is 0.467 e. The zero-order valence-corrected chi connectivity index (χ0v) is 12.9. The number of hydrogen-bond acceptors (Lipinski definition) is 5. The van der Waals surface area contributed by atoms with Gasteiger partial charge >= 0.3 is 6.01 Å². The molecule has 112 valence electrons. The predicted octanol–water partition coefficient (Wildman–Crippen LogP) is 2.12. The third-order valence-electron chi connectivity index (χ3n) is 4.42. The maximum absolute atomic E-state index is 5.80. The monoisotopic (exact) mass is 279 g/mol. The number of methoxy groups -OCH3 is 2. The van der Waals surface area contributed by atoms with E-state index in [1.54, 1.807) is 13.3 Å². The van der Waals surface area contributed by atoms with Crippen LogP contribution in [0.15, 0.2) is 12.3 Å². The molecule has 1 saturated heterocycles. The first-order valence-corrected chi connectivity index (χ1v) is 7.23. The van der Waals surface area contributed by atoms with Crippen LogP contribution in [-0.2, 0) is 11.3 Å². The van der Waals surface area contributed by atoms with Crippen molar-refractivity contribution in [3.05, 3.63) is 18.0 Å². The standard InChI is InChI=1S/C15H25N3O2/c1-12(2)15(20-4)6-9-18(10-7-15)11-13-5-8-16-14(17-13)19-3/h5,8,12H,6-7,9-11H2,1-4H3. The second-order valence-corrected chi connectivity index (χ2v) is 5.73. The van der Waals surface area contributed by atoms with E-state index in [1.165, 1.54) is 0 Å². The first-order valence-electron chi connectivity index (χ1n) is 7.23. The van der Waals surface area contributed by atoms with Crippen molar-refractivity contribution < 1.29 is 9.47 Å². The van der Waals surface area contributed by atoms with Crippen molar-refractivity contribution in [1.82, 2.24) is 14.9 Å². The maximum Gasteiger partial charge on any atom is 0.316 e. The van der Waals surface area contributed by atoms with Crippen molar-refractivity contribution in [2.75, 3.05) is 27.3 Å². The number of piperidine rings is 1. The summed E-state index contributed by atoms with van der Waals surface area (Å²) in [4.78, 5) is 10.8. The molecule has 1 fully saturated rings. The zero-order chi connectivity index (χ0) is 14.6. The molecule has 0 atom stereocenters. The van der Waals surface area contributed by atoms with E-state index in [4.69, 9.17) is 9.47 Å². The van der Waals surface area contributed by atoms with E-state index in [1.807, 2.05) is 13.2 Å². The molecular weight excluding hydrogens is 254 g/mol. The summed E-state index contributed by atoms with van der Waals surface area (Å²) in [6, 6.07) is 2.39. The van der Waals surface area contributed by atoms with E-state index in [0.717, 1.165) is 38.2 Å². The third kappa shape index (κ3) is 3.27. The average Bonchev–Trinajstić information content (AvgIpc) is 2.48. The second-order valence-electron chi connectivity index (χ2n) is 5.73. The fraction of sp³-hybridized carbons (Fsp3) is 0.733. The SMILES string of the molecule is COc1nccc(CN2CCC(OC)(C(C)C)CC2)n1. The zero-order valence-electron chi connectivity index (χ0n) is 12.9. The first kappa shape index (κ1) is 15.2. The number of likely N-dealkylation sites (tertiary alicyclic amines) is 1. The molecule has 1 aliphatic heterocycles. The molecule has 0 saturated carbocycles. The predicted molar refractivity (Wildman–Crippen MR) is 77.7 cm³/mol. The Balaban J connectivity index is 1.94. The lowest BCUT2D eigenvalue weighted by atomic mass is 9.81. The van der Waals surface area contributed by atoms with E-state index in [0.29, 0.717) is 11.9 Å². The average molecular weight is 279 g/mol. The van der Waals surface area contributed by atoms with Crippen molar-refractivity contribution in [3.8, 4) is 6.01 Å². The first-order chi connectivity index (χ1) is 9.59. The van der Waals surface area contributed by atoms with Gasteiger partial charge < -0.3 is 9.47 Å². The number of nitrogens with zero attached hydrogens (tertiary/aromatic N) is 3. The number of aromatic nitrogens is 2. The van der Waals surface area contributed by atoms with E-state index in [9.17, 15) is 0 Å². The number of hydrogen-bond donors (Lipinski definition) is 0. The van der Waals surface area contributed by atoms with Gasteiger partial charge in [0.1, 0.15) is 0 Å². The highest BCUT2D eigenvalue weighted by Gasteiger charge is 2.37. The van der Waals surface area contributed by atoms with E-state index < -0.39 is 0 Å². The molecule has 1 aromatic rings. The summed E-state index contributed by atoms with van der Waals surface area (Å²) in [5.41, 5.74) is 1.05. The molecule has 0 spiro atoms. The lowest BCUT2D eigenvalue weighted by Gasteiger charge is -2.43. The van der Waals surface area contributed by atoms with E-state index in [-0.39, 0.29) is 5.60 Å². The van der Waals surface area contributed by atoms with Crippen molar-refractivity contribution in [2.24, 2.45) is 5.92 Å². The lowest BCUT2D eigenvalue weighted by molar-refractivity contribution is -0.0897. The fourth-order valence-corrected chi connectivity index (χ4v) is 2.90. The van der Waals surface area contributed by atoms with Crippen LogP contribution >= 0.6 is 0 Å². The molecule has 20 heavy (non-hydrogen) atoms. The Morgan fingerprint density at radius 3 is 2.55 bits per heavy atom. The molecule has 2 rings (SSSR count). The van der Waals surface area contributed by atoms with Gasteiger partial charge in [-0.05, 0) is 24.8 Å². The summed E-state index contributed by atoms with van der Waals surface area (Å²) in [5, 5.41) is 0. The maximum atomic E-state index is 5.80. The van der Waals surface area contributed by atoms with Gasteiger partial charge in [0, 0.05) is 32.9 Å². The van der Waals surface area contributed by atoms with Crippen LogP contribution in [-0.4, -0.2) is 47.8 Å². The van der Waals surface area contributed by atoms with Crippen LogP contribution in [0.1, 0.15) is 32.4 Å². The molecule has 1 aliphatic rings. The van der Waals surface area contributed by atoms with Gasteiger partial charge in [-0.1, -0.05) is 13.8 Å². The fourth-order valence-electron chi connectivity index (χ4n) is 2.90. The molecule has 1 aromatic heterocycles. The molecule has 2 heterocycles. The summed E-state index contributed by atoms with van der Waals surface area (Å²) < 4.78 is 10.9. The van der Waals surface area contributed by atoms with Gasteiger partial charge in [-0.3, -0.25) is 4.90 Å². The van der Waals surface area contributed by atoms with Crippen molar-refractivity contribution in [3.63, 3.8) is 0 Å². The smallest absolute Gasteiger partial charge is 0.316 e. The highest BCUT2D eigenvalue weighted by atomic mass is 16.5. The normalized spacial score (nSPS) is 19.2. The van der Waals surface area contributed by atoms with E-state index >= 15 is 0 Å². The molecule has 0 amide bonds. The van der Waals surface area contributed by atoms with Crippen molar-refractivity contribution in [2.45, 2.75) is 38.8 Å². The van der Waals surface area contributed by atoms with Crippen LogP contribution < -0.4 is 4.74 Å². The Kier molecular flexibility index (Phi) is 4.94. The topological polar surface area (TPSA) is 47.5 Å². The molecule has 0 aromatic carbocycles. The highest BCUT2D eigenvalue weighted by Crippen LogP contribution is 2.33. The number of rotatable bonds is 5. The van der Waals surface area contributed by atoms with Gasteiger partial charge in [0.2, 0.25) is 0 Å². The Morgan fingerprint density at radius 1 is 1.30 bits per heavy atom. The van der Waals surface area contributed by atoms with Crippen LogP contribution in [0, 0.1) is 5.92 Å². The van der Waals surface area contributed by atoms with Gasteiger partial charge in [-0.25, -0.2) is 4.98 Å². The van der Waals surface area contributed by atoms with Crippen LogP contribution in [0.5, 0.6) is 6.01 Å². The highest BCUT2D eigenvalue weighted by molar-refractivity contribution is 5.05. The number of ether oxygens (including phenoxy) is 2. The molecule has 5 nitrogen and oxygen atoms in total. The van der Waals surface area contributed by atoms with Crippen LogP contribution in [0.3, 0.4) is 0 Å². The summed E-state index contributed by atoms with van der Waals surface area (Å²) in [6.07, 6.45) is 3.89. The van der Waals surface area contributed by atoms with Gasteiger partial charge in [-0.15, -0.1) is 0 Å². The van der Waals surface area contributed by atoms with Gasteiger partial charge in [-0.2, -0.15) is 4.98 Å². The second kappa shape index (κ2) is 6.50. The molecule has 5 heteroatoms. The molecule has 0 unspecified atom stereocenters. The van der Waals surface area contributed by atoms with E-state index in [2.05, 4.69) is 28.7 Å². The van der Waals surface area contributed by atoms with Crippen molar-refractivity contribution >= 4 is 0 Å². The van der Waals surface area contributed by atoms with Crippen molar-refractivity contribution in [1.29, 1.82) is 0 Å². The molecule has 0 aliphatic carbocycles. The van der Waals surface area contributed by atoms with Gasteiger partial charge in [0.15, 0.2) is 0 Å². The van der Waals surface area contributed by atoms with Crippen LogP contribution in [0.2, 0.25) is 0 Å². The molecule has 0 radical (unpaired) electrons. The Morgan fingerprint density at radius 2 is 2.00 bits per heavy atom. The third-order valence-corrected chi connectivity index (χ3v) is 4.42. The minimum Gasteiger partial charge on any atom is -0.467 e. The Labute approximate surface area is 121 Å². The summed E-state index contributed by atoms with van der Waals surface area (Å²) in [7, 11) is 3.43. The molecular formula is C15H25N3O2. The Bertz CT molecular complexity index is 429. The quantitative estimate of drug-likeness (QED) is 0.826. The minimum absolute atomic E-state index is 0.0415. The molecule has 0 bridgehead atoms. The lowest BCUT2D eigenvalue weighted by Crippen LogP contribution is -2.48. The van der Waals surface area contributed by atoms with Gasteiger partial charge in [0.05, 0.1) is 18.4 Å².